The first-order chi connectivity index (χ1) is 10.1. The van der Waals surface area contributed by atoms with Crippen molar-refractivity contribution in [3.8, 4) is 0 Å². The maximum absolute atomic E-state index is 12.1. The van der Waals surface area contributed by atoms with E-state index in [0.717, 1.165) is 25.9 Å². The molecule has 1 heterocycles. The van der Waals surface area contributed by atoms with E-state index in [0.29, 0.717) is 11.3 Å². The molecule has 3 amide bonds. The van der Waals surface area contributed by atoms with E-state index in [9.17, 15) is 14.4 Å². The minimum Gasteiger partial charge on any atom is -0.326 e. The summed E-state index contributed by atoms with van der Waals surface area (Å²) < 4.78 is 0. The maximum Gasteiger partial charge on any atom is 0.257 e. The second-order valence-corrected chi connectivity index (χ2v) is 5.10. The van der Waals surface area contributed by atoms with Gasteiger partial charge in [0.2, 0.25) is 11.8 Å². The Morgan fingerprint density at radius 1 is 1.19 bits per heavy atom. The Balaban J connectivity index is 1.99. The quantitative estimate of drug-likeness (QED) is 0.722. The first-order valence-electron chi connectivity index (χ1n) is 7.00. The van der Waals surface area contributed by atoms with Gasteiger partial charge < -0.3 is 10.6 Å². The highest BCUT2D eigenvalue weighted by Gasteiger charge is 2.22. The van der Waals surface area contributed by atoms with Crippen molar-refractivity contribution >= 4 is 23.4 Å². The van der Waals surface area contributed by atoms with Crippen LogP contribution in [-0.2, 0) is 9.59 Å². The first kappa shape index (κ1) is 15.2. The van der Waals surface area contributed by atoms with E-state index in [-0.39, 0.29) is 17.7 Å². The summed E-state index contributed by atoms with van der Waals surface area (Å²) in [6.07, 6.45) is 1.48. The van der Waals surface area contributed by atoms with Gasteiger partial charge in [-0.1, -0.05) is 6.07 Å². The van der Waals surface area contributed by atoms with E-state index in [2.05, 4.69) is 16.0 Å². The minimum atomic E-state index is -0.439. The Bertz CT molecular complexity index is 551. The Kier molecular flexibility index (Phi) is 5.05. The molecule has 0 atom stereocenters. The highest BCUT2D eigenvalue weighted by Crippen LogP contribution is 2.13. The number of imide groups is 1. The summed E-state index contributed by atoms with van der Waals surface area (Å²) in [5, 5.41) is 8.21. The molecular weight excluding hydrogens is 270 g/mol. The SMILES string of the molecule is CC(=O)Nc1cccc(C(=O)NC(=O)C2CCNCC2)c1. The molecule has 0 saturated carbocycles. The monoisotopic (exact) mass is 289 g/mol. The number of nitrogens with one attached hydrogen (secondary N) is 3. The fourth-order valence-electron chi connectivity index (χ4n) is 2.31. The summed E-state index contributed by atoms with van der Waals surface area (Å²) in [6.45, 7) is 2.99. The zero-order valence-corrected chi connectivity index (χ0v) is 11.9. The van der Waals surface area contributed by atoms with Gasteiger partial charge in [-0.05, 0) is 44.1 Å². The third-order valence-corrected chi connectivity index (χ3v) is 3.39. The smallest absolute Gasteiger partial charge is 0.257 e. The average molecular weight is 289 g/mol. The molecule has 6 heteroatoms. The second-order valence-electron chi connectivity index (χ2n) is 5.10. The Labute approximate surface area is 123 Å². The van der Waals surface area contributed by atoms with E-state index in [1.165, 1.54) is 6.92 Å². The molecule has 0 aliphatic carbocycles. The van der Waals surface area contributed by atoms with Crippen molar-refractivity contribution in [2.45, 2.75) is 19.8 Å². The molecule has 0 bridgehead atoms. The van der Waals surface area contributed by atoms with Crippen LogP contribution in [0.15, 0.2) is 24.3 Å². The summed E-state index contributed by atoms with van der Waals surface area (Å²) >= 11 is 0. The Hall–Kier alpha value is -2.21. The van der Waals surface area contributed by atoms with E-state index in [1.807, 2.05) is 0 Å². The minimum absolute atomic E-state index is 0.117. The van der Waals surface area contributed by atoms with E-state index >= 15 is 0 Å². The topological polar surface area (TPSA) is 87.3 Å². The number of amides is 3. The van der Waals surface area contributed by atoms with Crippen LogP contribution in [0.5, 0.6) is 0 Å². The summed E-state index contributed by atoms with van der Waals surface area (Å²) in [5.74, 6) is -0.996. The van der Waals surface area contributed by atoms with Crippen LogP contribution in [0.25, 0.3) is 0 Å². The van der Waals surface area contributed by atoms with Gasteiger partial charge in [0, 0.05) is 24.1 Å². The molecule has 1 aromatic carbocycles. The Morgan fingerprint density at radius 2 is 1.90 bits per heavy atom. The molecule has 3 N–H and O–H groups in total. The first-order valence-corrected chi connectivity index (χ1v) is 7.00. The highest BCUT2D eigenvalue weighted by molar-refractivity contribution is 6.06. The molecule has 0 aromatic heterocycles. The van der Waals surface area contributed by atoms with Crippen LogP contribution in [0.1, 0.15) is 30.1 Å². The molecule has 1 aromatic rings. The number of hydrogen-bond acceptors (Lipinski definition) is 4. The lowest BCUT2D eigenvalue weighted by molar-refractivity contribution is -0.124. The van der Waals surface area contributed by atoms with Crippen LogP contribution in [0.2, 0.25) is 0 Å². The molecule has 21 heavy (non-hydrogen) atoms. The molecule has 1 fully saturated rings. The van der Waals surface area contributed by atoms with Gasteiger partial charge in [-0.15, -0.1) is 0 Å². The number of rotatable bonds is 3. The van der Waals surface area contributed by atoms with Gasteiger partial charge in [-0.3, -0.25) is 19.7 Å². The van der Waals surface area contributed by atoms with Gasteiger partial charge in [-0.2, -0.15) is 0 Å². The molecule has 1 aliphatic heterocycles. The van der Waals surface area contributed by atoms with Crippen molar-refractivity contribution in [2.75, 3.05) is 18.4 Å². The van der Waals surface area contributed by atoms with E-state index in [1.54, 1.807) is 24.3 Å². The number of carbonyl (C=O) groups excluding carboxylic acids is 3. The summed E-state index contributed by atoms with van der Waals surface area (Å²) in [4.78, 5) is 35.1. The fourth-order valence-corrected chi connectivity index (χ4v) is 2.31. The van der Waals surface area contributed by atoms with Gasteiger partial charge in [0.05, 0.1) is 0 Å². The summed E-state index contributed by atoms with van der Waals surface area (Å²) in [6, 6.07) is 6.50. The normalized spacial score (nSPS) is 15.3. The average Bonchev–Trinajstić information content (AvgIpc) is 2.47. The largest absolute Gasteiger partial charge is 0.326 e. The highest BCUT2D eigenvalue weighted by atomic mass is 16.2. The van der Waals surface area contributed by atoms with Crippen LogP contribution in [0, 0.1) is 5.92 Å². The van der Waals surface area contributed by atoms with Gasteiger partial charge in [0.25, 0.3) is 5.91 Å². The zero-order chi connectivity index (χ0) is 15.2. The van der Waals surface area contributed by atoms with Gasteiger partial charge in [0.15, 0.2) is 0 Å². The van der Waals surface area contributed by atoms with Gasteiger partial charge >= 0.3 is 0 Å². The fraction of sp³-hybridized carbons (Fsp3) is 0.400. The molecule has 0 radical (unpaired) electrons. The summed E-state index contributed by atoms with van der Waals surface area (Å²) in [7, 11) is 0. The molecule has 112 valence electrons. The van der Waals surface area contributed by atoms with Crippen molar-refractivity contribution in [2.24, 2.45) is 5.92 Å². The predicted molar refractivity (Wildman–Crippen MR) is 78.8 cm³/mol. The van der Waals surface area contributed by atoms with Crippen LogP contribution in [0.4, 0.5) is 5.69 Å². The molecule has 6 nitrogen and oxygen atoms in total. The molecule has 0 spiro atoms. The molecule has 1 saturated heterocycles. The van der Waals surface area contributed by atoms with Crippen molar-refractivity contribution in [1.29, 1.82) is 0 Å². The lowest BCUT2D eigenvalue weighted by Gasteiger charge is -2.21. The lowest BCUT2D eigenvalue weighted by Crippen LogP contribution is -2.40. The van der Waals surface area contributed by atoms with Crippen LogP contribution >= 0.6 is 0 Å². The number of benzene rings is 1. The number of hydrogen-bond donors (Lipinski definition) is 3. The van der Waals surface area contributed by atoms with Crippen molar-refractivity contribution < 1.29 is 14.4 Å². The van der Waals surface area contributed by atoms with Crippen LogP contribution < -0.4 is 16.0 Å². The Morgan fingerprint density at radius 3 is 2.57 bits per heavy atom. The van der Waals surface area contributed by atoms with E-state index in [4.69, 9.17) is 0 Å². The maximum atomic E-state index is 12.1. The van der Waals surface area contributed by atoms with Crippen LogP contribution in [-0.4, -0.2) is 30.8 Å². The lowest BCUT2D eigenvalue weighted by atomic mass is 9.97. The predicted octanol–water partition coefficient (Wildman–Crippen LogP) is 0.901. The number of anilines is 1. The third kappa shape index (κ3) is 4.39. The zero-order valence-electron chi connectivity index (χ0n) is 11.9. The molecule has 2 rings (SSSR count). The van der Waals surface area contributed by atoms with Gasteiger partial charge in [-0.25, -0.2) is 0 Å². The molecule has 0 unspecified atom stereocenters. The standard InChI is InChI=1S/C15H19N3O3/c1-10(19)17-13-4-2-3-12(9-13)15(21)18-14(20)11-5-7-16-8-6-11/h2-4,9,11,16H,5-8H2,1H3,(H,17,19)(H,18,20,21). The van der Waals surface area contributed by atoms with E-state index < -0.39 is 5.91 Å². The summed E-state index contributed by atoms with van der Waals surface area (Å²) in [5.41, 5.74) is 0.882. The number of piperidine rings is 1. The van der Waals surface area contributed by atoms with Gasteiger partial charge in [0.1, 0.15) is 0 Å². The van der Waals surface area contributed by atoms with Crippen LogP contribution in [0.3, 0.4) is 0 Å². The van der Waals surface area contributed by atoms with Crippen molar-refractivity contribution in [1.82, 2.24) is 10.6 Å². The second kappa shape index (κ2) is 6.99. The van der Waals surface area contributed by atoms with Crippen molar-refractivity contribution in [3.05, 3.63) is 29.8 Å². The molecular formula is C15H19N3O3. The molecule has 1 aliphatic rings. The third-order valence-electron chi connectivity index (χ3n) is 3.39. The number of carbonyl (C=O) groups is 3. The van der Waals surface area contributed by atoms with Crippen molar-refractivity contribution in [3.63, 3.8) is 0 Å².